The number of aromatic nitrogens is 3. The minimum Gasteiger partial charge on any atom is -0.438 e. The van der Waals surface area contributed by atoms with Crippen molar-refractivity contribution < 1.29 is 21.1 Å². The van der Waals surface area contributed by atoms with Crippen LogP contribution in [0.1, 0.15) is 11.4 Å². The van der Waals surface area contributed by atoms with Gasteiger partial charge in [-0.2, -0.15) is 0 Å². The molecule has 14 heavy (non-hydrogen) atoms. The number of nitrogens with zero attached hydrogens (tertiary/aromatic N) is 3. The van der Waals surface area contributed by atoms with Crippen LogP contribution < -0.4 is 4.98 Å². The van der Waals surface area contributed by atoms with Gasteiger partial charge in [-0.15, -0.1) is 0 Å². The molecule has 0 aliphatic heterocycles. The zero-order valence-electron chi connectivity index (χ0n) is 7.97. The molecule has 0 aliphatic rings. The Morgan fingerprint density at radius 3 is 2.50 bits per heavy atom. The van der Waals surface area contributed by atoms with Crippen molar-refractivity contribution in [3.8, 4) is 11.5 Å². The first-order chi connectivity index (χ1) is 6.27. The van der Waals surface area contributed by atoms with Crippen LogP contribution in [0.3, 0.4) is 0 Å². The monoisotopic (exact) mass is 367 g/mol. The van der Waals surface area contributed by atoms with Gasteiger partial charge < -0.3 is 9.97 Å². The van der Waals surface area contributed by atoms with Crippen molar-refractivity contribution in [2.45, 2.75) is 13.8 Å². The van der Waals surface area contributed by atoms with Crippen molar-refractivity contribution in [1.82, 2.24) is 15.0 Å². The minimum atomic E-state index is 0. The van der Waals surface area contributed by atoms with Crippen molar-refractivity contribution in [2.75, 3.05) is 0 Å². The van der Waals surface area contributed by atoms with Crippen molar-refractivity contribution in [3.05, 3.63) is 35.8 Å². The molecule has 0 saturated carbocycles. The Morgan fingerprint density at radius 2 is 2.00 bits per heavy atom. The van der Waals surface area contributed by atoms with Gasteiger partial charge in [0.2, 0.25) is 0 Å². The molecule has 0 atom stereocenters. The first-order valence-corrected chi connectivity index (χ1v) is 4.16. The molecular weight excluding hydrogens is 357 g/mol. The predicted molar refractivity (Wildman–Crippen MR) is 50.3 cm³/mol. The summed E-state index contributed by atoms with van der Waals surface area (Å²) in [5, 5.41) is 0. The topological polar surface area (TPSA) is 39.9 Å². The number of rotatable bonds is 1. The molecule has 0 aromatic carbocycles. The van der Waals surface area contributed by atoms with Crippen LogP contribution in [-0.4, -0.2) is 9.97 Å². The van der Waals surface area contributed by atoms with E-state index >= 15 is 0 Å². The molecule has 0 fully saturated rings. The predicted octanol–water partition coefficient (Wildman–Crippen LogP) is 1.72. The molecule has 4 heteroatoms. The summed E-state index contributed by atoms with van der Waals surface area (Å²) >= 11 is 0. The Kier molecular flexibility index (Phi) is 3.59. The molecule has 0 amide bonds. The van der Waals surface area contributed by atoms with Crippen LogP contribution in [0.2, 0.25) is 0 Å². The van der Waals surface area contributed by atoms with Gasteiger partial charge in [0, 0.05) is 27.3 Å². The second-order valence-corrected chi connectivity index (χ2v) is 2.93. The van der Waals surface area contributed by atoms with Gasteiger partial charge in [0.15, 0.2) is 0 Å². The molecule has 0 unspecified atom stereocenters. The Labute approximate surface area is 97.3 Å². The van der Waals surface area contributed by atoms with Crippen molar-refractivity contribution in [3.63, 3.8) is 0 Å². The van der Waals surface area contributed by atoms with Gasteiger partial charge in [-0.25, -0.2) is 0 Å². The summed E-state index contributed by atoms with van der Waals surface area (Å²) in [5.74, 6) is 0.718. The molecule has 2 rings (SSSR count). The first kappa shape index (κ1) is 11.1. The molecule has 0 N–H and O–H groups in total. The molecule has 2 aromatic heterocycles. The molecule has 0 saturated heterocycles. The fourth-order valence-electron chi connectivity index (χ4n) is 1.11. The van der Waals surface area contributed by atoms with Crippen molar-refractivity contribution in [1.29, 1.82) is 0 Å². The van der Waals surface area contributed by atoms with Gasteiger partial charge >= 0.3 is 0 Å². The molecule has 2 heterocycles. The van der Waals surface area contributed by atoms with Gasteiger partial charge in [-0.1, -0.05) is 17.5 Å². The van der Waals surface area contributed by atoms with Gasteiger partial charge in [0.05, 0.1) is 5.69 Å². The van der Waals surface area contributed by atoms with E-state index in [2.05, 4.69) is 15.0 Å². The second kappa shape index (κ2) is 4.51. The molecule has 0 bridgehead atoms. The Bertz CT molecular complexity index is 389. The normalized spacial score (nSPS) is 9.57. The Hall–Kier alpha value is -0.952. The van der Waals surface area contributed by atoms with Crippen LogP contribution in [-0.2, 0) is 21.1 Å². The van der Waals surface area contributed by atoms with Gasteiger partial charge in [-0.3, -0.25) is 4.98 Å². The number of hydrogen-bond acceptors (Lipinski definition) is 2. The zero-order valence-corrected chi connectivity index (χ0v) is 10.2. The summed E-state index contributed by atoms with van der Waals surface area (Å²) in [6.45, 7) is 3.91. The second-order valence-electron chi connectivity index (χ2n) is 2.93. The fourth-order valence-corrected chi connectivity index (χ4v) is 1.11. The molecule has 0 radical (unpaired) electrons. The third kappa shape index (κ3) is 2.10. The maximum absolute atomic E-state index is 4.31. The summed E-state index contributed by atoms with van der Waals surface area (Å²) < 4.78 is 0. The van der Waals surface area contributed by atoms with Crippen LogP contribution in [0.25, 0.3) is 11.5 Å². The summed E-state index contributed by atoms with van der Waals surface area (Å²) in [7, 11) is 0. The van der Waals surface area contributed by atoms with E-state index in [1.54, 1.807) is 6.20 Å². The van der Waals surface area contributed by atoms with Gasteiger partial charge in [-0.05, 0) is 31.8 Å². The molecule has 2 aromatic rings. The minimum absolute atomic E-state index is 0. The largest absolute Gasteiger partial charge is 0.438 e. The average molecular weight is 367 g/mol. The molecular formula is C10H10N3Pt-. The summed E-state index contributed by atoms with van der Waals surface area (Å²) in [5.41, 5.74) is 2.78. The standard InChI is InChI=1S/C10H10N3.Pt/c1-7-8(2)13-10(12-7)9-5-3-4-6-11-9;/h3-6H,1-2H3;/q-1;. The molecule has 3 nitrogen and oxygen atoms in total. The summed E-state index contributed by atoms with van der Waals surface area (Å²) in [6, 6.07) is 5.73. The van der Waals surface area contributed by atoms with E-state index in [1.165, 1.54) is 0 Å². The zero-order chi connectivity index (χ0) is 9.26. The van der Waals surface area contributed by atoms with Gasteiger partial charge in [0.1, 0.15) is 0 Å². The van der Waals surface area contributed by atoms with Gasteiger partial charge in [0.25, 0.3) is 0 Å². The van der Waals surface area contributed by atoms with Crippen molar-refractivity contribution in [2.24, 2.45) is 0 Å². The summed E-state index contributed by atoms with van der Waals surface area (Å²) in [4.78, 5) is 12.8. The first-order valence-electron chi connectivity index (χ1n) is 4.16. The number of pyridine rings is 1. The van der Waals surface area contributed by atoms with E-state index in [4.69, 9.17) is 0 Å². The van der Waals surface area contributed by atoms with E-state index in [0.29, 0.717) is 0 Å². The van der Waals surface area contributed by atoms with E-state index in [0.717, 1.165) is 22.9 Å². The third-order valence-corrected chi connectivity index (χ3v) is 1.96. The number of hydrogen-bond donors (Lipinski definition) is 0. The van der Waals surface area contributed by atoms with E-state index in [1.807, 2.05) is 32.0 Å². The SMILES string of the molecule is Cc1nc(-c2ccccn2)[n-]c1C.[Pt]. The summed E-state index contributed by atoms with van der Waals surface area (Å²) in [6.07, 6.45) is 1.75. The molecule has 0 aliphatic carbocycles. The fraction of sp³-hybridized carbons (Fsp3) is 0.200. The van der Waals surface area contributed by atoms with Crippen LogP contribution in [0.5, 0.6) is 0 Å². The average Bonchev–Trinajstić information content (AvgIpc) is 2.49. The molecule has 76 valence electrons. The van der Waals surface area contributed by atoms with Crippen LogP contribution in [0, 0.1) is 13.8 Å². The van der Waals surface area contributed by atoms with Crippen LogP contribution >= 0.6 is 0 Å². The van der Waals surface area contributed by atoms with E-state index < -0.39 is 0 Å². The smallest absolute Gasteiger partial charge is 0.0620 e. The van der Waals surface area contributed by atoms with Crippen LogP contribution in [0.15, 0.2) is 24.4 Å². The quantitative estimate of drug-likeness (QED) is 0.771. The maximum Gasteiger partial charge on any atom is 0.0620 e. The number of aryl methyl sites for hydroxylation is 2. The molecule has 0 spiro atoms. The van der Waals surface area contributed by atoms with E-state index in [9.17, 15) is 0 Å². The van der Waals surface area contributed by atoms with E-state index in [-0.39, 0.29) is 21.1 Å². The Morgan fingerprint density at radius 1 is 1.21 bits per heavy atom. The third-order valence-electron chi connectivity index (χ3n) is 1.96. The Balaban J connectivity index is 0.000000980. The van der Waals surface area contributed by atoms with Crippen molar-refractivity contribution >= 4 is 0 Å². The maximum atomic E-state index is 4.31. The van der Waals surface area contributed by atoms with Crippen LogP contribution in [0.4, 0.5) is 0 Å². The number of imidazole rings is 1.